The van der Waals surface area contributed by atoms with E-state index >= 15 is 0 Å². The number of fused-ring (bicyclic) bond motifs is 1. The second-order valence-electron chi connectivity index (χ2n) is 6.35. The molecule has 1 aliphatic rings. The van der Waals surface area contributed by atoms with E-state index in [0.29, 0.717) is 30.0 Å². The zero-order valence-electron chi connectivity index (χ0n) is 12.1. The van der Waals surface area contributed by atoms with E-state index in [1.807, 2.05) is 19.9 Å². The van der Waals surface area contributed by atoms with Gasteiger partial charge >= 0.3 is 0 Å². The molecule has 2 aromatic rings. The molecule has 0 fully saturated rings. The summed E-state index contributed by atoms with van der Waals surface area (Å²) in [7, 11) is 0. The van der Waals surface area contributed by atoms with Crippen LogP contribution in [-0.2, 0) is 5.60 Å². The highest BCUT2D eigenvalue weighted by Gasteiger charge is 2.43. The number of ether oxygens (including phenoxy) is 1. The van der Waals surface area contributed by atoms with Crippen molar-refractivity contribution in [1.29, 1.82) is 0 Å². The van der Waals surface area contributed by atoms with E-state index in [0.717, 1.165) is 0 Å². The van der Waals surface area contributed by atoms with E-state index in [2.05, 4.69) is 4.98 Å². The molecule has 110 valence electrons. The second-order valence-corrected chi connectivity index (χ2v) is 6.35. The molecule has 1 aromatic heterocycles. The molecule has 0 aliphatic carbocycles. The molecule has 4 heteroatoms. The maximum absolute atomic E-state index is 13.7. The monoisotopic (exact) mass is 287 g/mol. The molecule has 2 heterocycles. The van der Waals surface area contributed by atoms with Crippen LogP contribution in [0.4, 0.5) is 4.39 Å². The highest BCUT2D eigenvalue weighted by molar-refractivity contribution is 5.44. The molecule has 3 nitrogen and oxygen atoms in total. The van der Waals surface area contributed by atoms with Gasteiger partial charge in [0.1, 0.15) is 17.2 Å². The Morgan fingerprint density at radius 2 is 2.05 bits per heavy atom. The zero-order chi connectivity index (χ0) is 15.1. The first-order valence-electron chi connectivity index (χ1n) is 6.97. The van der Waals surface area contributed by atoms with Crippen molar-refractivity contribution in [3.63, 3.8) is 0 Å². The summed E-state index contributed by atoms with van der Waals surface area (Å²) in [6, 6.07) is 9.62. The second kappa shape index (κ2) is 4.81. The predicted molar refractivity (Wildman–Crippen MR) is 77.5 cm³/mol. The van der Waals surface area contributed by atoms with Crippen LogP contribution in [0.1, 0.15) is 31.5 Å². The van der Waals surface area contributed by atoms with Gasteiger partial charge in [0.25, 0.3) is 0 Å². The fourth-order valence-corrected chi connectivity index (χ4v) is 2.90. The molecular weight excluding hydrogens is 269 g/mol. The lowest BCUT2D eigenvalue weighted by molar-refractivity contribution is 0.0263. The molecular formula is C17H18FNO2. The molecule has 1 atom stereocenters. The minimum atomic E-state index is -1.36. The number of hydrogen-bond donors (Lipinski definition) is 1. The van der Waals surface area contributed by atoms with Crippen molar-refractivity contribution in [3.8, 4) is 5.75 Å². The van der Waals surface area contributed by atoms with Crippen molar-refractivity contribution >= 4 is 0 Å². The molecule has 1 aromatic carbocycles. The van der Waals surface area contributed by atoms with Gasteiger partial charge in [-0.15, -0.1) is 0 Å². The first-order chi connectivity index (χ1) is 9.91. The maximum atomic E-state index is 13.7. The van der Waals surface area contributed by atoms with Crippen molar-refractivity contribution in [1.82, 2.24) is 4.98 Å². The Kier molecular flexibility index (Phi) is 3.21. The third-order valence-corrected chi connectivity index (χ3v) is 3.83. The summed E-state index contributed by atoms with van der Waals surface area (Å²) in [5.41, 5.74) is -0.678. The quantitative estimate of drug-likeness (QED) is 0.875. The molecule has 0 radical (unpaired) electrons. The first kappa shape index (κ1) is 14.0. The summed E-state index contributed by atoms with van der Waals surface area (Å²) in [5, 5.41) is 11.3. The first-order valence-corrected chi connectivity index (χ1v) is 6.97. The van der Waals surface area contributed by atoms with Gasteiger partial charge in [0.2, 0.25) is 0 Å². The third-order valence-electron chi connectivity index (χ3n) is 3.83. The van der Waals surface area contributed by atoms with Crippen LogP contribution in [0.15, 0.2) is 42.6 Å². The highest BCUT2D eigenvalue weighted by atomic mass is 19.1. The summed E-state index contributed by atoms with van der Waals surface area (Å²) < 4.78 is 19.5. The lowest BCUT2D eigenvalue weighted by Crippen LogP contribution is -2.34. The van der Waals surface area contributed by atoms with Crippen LogP contribution in [-0.4, -0.2) is 16.7 Å². The maximum Gasteiger partial charge on any atom is 0.136 e. The number of nitrogens with zero attached hydrogens (tertiary/aromatic N) is 1. The van der Waals surface area contributed by atoms with Gasteiger partial charge in [-0.3, -0.25) is 4.98 Å². The van der Waals surface area contributed by atoms with Crippen LogP contribution < -0.4 is 4.74 Å². The summed E-state index contributed by atoms with van der Waals surface area (Å²) >= 11 is 0. The molecule has 0 spiro atoms. The SMILES string of the molecule is CC1(C)COc2ccc(F)cc2C(O)(c2ccccn2)C1. The van der Waals surface area contributed by atoms with Gasteiger partial charge in [-0.1, -0.05) is 19.9 Å². The number of pyridine rings is 1. The van der Waals surface area contributed by atoms with Gasteiger partial charge in [0.15, 0.2) is 0 Å². The molecule has 1 aliphatic heterocycles. The van der Waals surface area contributed by atoms with Crippen molar-refractivity contribution < 1.29 is 14.2 Å². The van der Waals surface area contributed by atoms with Gasteiger partial charge < -0.3 is 9.84 Å². The van der Waals surface area contributed by atoms with E-state index in [9.17, 15) is 9.50 Å². The van der Waals surface area contributed by atoms with Gasteiger partial charge in [-0.2, -0.15) is 0 Å². The topological polar surface area (TPSA) is 42.4 Å². The molecule has 0 saturated carbocycles. The third kappa shape index (κ3) is 2.51. The van der Waals surface area contributed by atoms with Crippen molar-refractivity contribution in [2.24, 2.45) is 5.41 Å². The average molecular weight is 287 g/mol. The molecule has 0 amide bonds. The Morgan fingerprint density at radius 1 is 1.24 bits per heavy atom. The van der Waals surface area contributed by atoms with Crippen molar-refractivity contribution in [2.45, 2.75) is 25.9 Å². The number of benzene rings is 1. The Bertz CT molecular complexity index is 657. The summed E-state index contributed by atoms with van der Waals surface area (Å²) in [6.45, 7) is 4.49. The minimum Gasteiger partial charge on any atom is -0.493 e. The van der Waals surface area contributed by atoms with E-state index in [4.69, 9.17) is 4.74 Å². The van der Waals surface area contributed by atoms with Crippen LogP contribution in [0.2, 0.25) is 0 Å². The fraction of sp³-hybridized carbons (Fsp3) is 0.353. The Balaban J connectivity index is 2.23. The Hall–Kier alpha value is -1.94. The largest absolute Gasteiger partial charge is 0.493 e. The molecule has 0 bridgehead atoms. The highest BCUT2D eigenvalue weighted by Crippen LogP contribution is 2.46. The van der Waals surface area contributed by atoms with Gasteiger partial charge in [-0.05, 0) is 36.8 Å². The minimum absolute atomic E-state index is 0.262. The van der Waals surface area contributed by atoms with E-state index in [1.54, 1.807) is 24.4 Å². The van der Waals surface area contributed by atoms with E-state index in [-0.39, 0.29) is 5.41 Å². The number of aromatic nitrogens is 1. The molecule has 21 heavy (non-hydrogen) atoms. The average Bonchev–Trinajstić information content (AvgIpc) is 2.55. The number of aliphatic hydroxyl groups is 1. The van der Waals surface area contributed by atoms with Crippen LogP contribution in [0.5, 0.6) is 5.75 Å². The van der Waals surface area contributed by atoms with Gasteiger partial charge in [-0.25, -0.2) is 4.39 Å². The zero-order valence-corrected chi connectivity index (χ0v) is 12.1. The summed E-state index contributed by atoms with van der Waals surface area (Å²) in [4.78, 5) is 4.28. The van der Waals surface area contributed by atoms with Gasteiger partial charge in [0.05, 0.1) is 12.3 Å². The predicted octanol–water partition coefficient (Wildman–Crippen LogP) is 3.27. The Morgan fingerprint density at radius 3 is 2.76 bits per heavy atom. The van der Waals surface area contributed by atoms with Crippen LogP contribution in [0.25, 0.3) is 0 Å². The Labute approximate surface area is 123 Å². The van der Waals surface area contributed by atoms with E-state index < -0.39 is 11.4 Å². The van der Waals surface area contributed by atoms with Crippen LogP contribution >= 0.6 is 0 Å². The lowest BCUT2D eigenvalue weighted by atomic mass is 9.76. The van der Waals surface area contributed by atoms with Crippen LogP contribution in [0.3, 0.4) is 0 Å². The molecule has 3 rings (SSSR count). The number of rotatable bonds is 1. The summed E-state index contributed by atoms with van der Waals surface area (Å²) in [5.74, 6) is 0.113. The fourth-order valence-electron chi connectivity index (χ4n) is 2.90. The van der Waals surface area contributed by atoms with Crippen molar-refractivity contribution in [3.05, 3.63) is 59.7 Å². The normalized spacial score (nSPS) is 23.8. The number of halogens is 1. The van der Waals surface area contributed by atoms with Crippen molar-refractivity contribution in [2.75, 3.05) is 6.61 Å². The lowest BCUT2D eigenvalue weighted by Gasteiger charge is -2.32. The smallest absolute Gasteiger partial charge is 0.136 e. The van der Waals surface area contributed by atoms with Crippen LogP contribution in [0, 0.1) is 11.2 Å². The standard InChI is InChI=1S/C17H18FNO2/c1-16(2)10-17(20,15-5-3-4-8-19-15)13-9-12(18)6-7-14(13)21-11-16/h3-9,20H,10-11H2,1-2H3. The summed E-state index contributed by atoms with van der Waals surface area (Å²) in [6.07, 6.45) is 2.04. The molecule has 1 N–H and O–H groups in total. The van der Waals surface area contributed by atoms with E-state index in [1.165, 1.54) is 12.1 Å². The van der Waals surface area contributed by atoms with Gasteiger partial charge in [0, 0.05) is 17.2 Å². The number of hydrogen-bond acceptors (Lipinski definition) is 3. The molecule has 0 saturated heterocycles. The molecule has 1 unspecified atom stereocenters.